The van der Waals surface area contributed by atoms with Crippen LogP contribution in [0.4, 0.5) is 0 Å². The molecule has 0 saturated carbocycles. The molecule has 1 aromatic rings. The smallest absolute Gasteiger partial charge is 0.118 e. The van der Waals surface area contributed by atoms with Crippen LogP contribution in [0.15, 0.2) is 10.5 Å². The highest BCUT2D eigenvalue weighted by molar-refractivity contribution is 5.20. The van der Waals surface area contributed by atoms with E-state index in [0.717, 1.165) is 44.1 Å². The minimum absolute atomic E-state index is 0.392. The van der Waals surface area contributed by atoms with Crippen molar-refractivity contribution >= 4 is 0 Å². The third kappa shape index (κ3) is 3.09. The molecule has 4 nitrogen and oxygen atoms in total. The number of ether oxygens (including phenoxy) is 1. The molecule has 1 N–H and O–H groups in total. The SMILES string of the molecule is CNCc1cc(CN2CCC(OC)C2)oc1C. The quantitative estimate of drug-likeness (QED) is 0.844. The van der Waals surface area contributed by atoms with Gasteiger partial charge in [-0.05, 0) is 26.5 Å². The van der Waals surface area contributed by atoms with Gasteiger partial charge in [0.2, 0.25) is 0 Å². The lowest BCUT2D eigenvalue weighted by atomic mass is 10.2. The van der Waals surface area contributed by atoms with E-state index in [1.54, 1.807) is 7.11 Å². The maximum Gasteiger partial charge on any atom is 0.118 e. The Morgan fingerprint density at radius 1 is 1.59 bits per heavy atom. The third-order valence-electron chi connectivity index (χ3n) is 3.38. The summed E-state index contributed by atoms with van der Waals surface area (Å²) in [5, 5.41) is 3.15. The van der Waals surface area contributed by atoms with Crippen molar-refractivity contribution in [1.82, 2.24) is 10.2 Å². The Labute approximate surface area is 103 Å². The number of nitrogens with one attached hydrogen (secondary N) is 1. The minimum Gasteiger partial charge on any atom is -0.465 e. The van der Waals surface area contributed by atoms with Gasteiger partial charge in [-0.25, -0.2) is 0 Å². The monoisotopic (exact) mass is 238 g/mol. The van der Waals surface area contributed by atoms with Gasteiger partial charge >= 0.3 is 0 Å². The first kappa shape index (κ1) is 12.6. The van der Waals surface area contributed by atoms with Crippen molar-refractivity contribution in [3.63, 3.8) is 0 Å². The van der Waals surface area contributed by atoms with Crippen molar-refractivity contribution in [3.8, 4) is 0 Å². The number of nitrogens with zero attached hydrogens (tertiary/aromatic N) is 1. The zero-order valence-electron chi connectivity index (χ0n) is 11.0. The van der Waals surface area contributed by atoms with E-state index in [2.05, 4.69) is 16.3 Å². The number of likely N-dealkylation sites (tertiary alicyclic amines) is 1. The fourth-order valence-electron chi connectivity index (χ4n) is 2.38. The molecule has 17 heavy (non-hydrogen) atoms. The Balaban J connectivity index is 1.93. The lowest BCUT2D eigenvalue weighted by molar-refractivity contribution is 0.106. The van der Waals surface area contributed by atoms with Crippen molar-refractivity contribution in [2.45, 2.75) is 32.5 Å². The van der Waals surface area contributed by atoms with Gasteiger partial charge in [0, 0.05) is 32.3 Å². The maximum absolute atomic E-state index is 5.78. The van der Waals surface area contributed by atoms with Gasteiger partial charge < -0.3 is 14.5 Å². The highest BCUT2D eigenvalue weighted by Gasteiger charge is 2.23. The van der Waals surface area contributed by atoms with Gasteiger partial charge in [0.15, 0.2) is 0 Å². The average molecular weight is 238 g/mol. The second-order valence-electron chi connectivity index (χ2n) is 4.71. The number of hydrogen-bond acceptors (Lipinski definition) is 4. The first-order chi connectivity index (χ1) is 8.22. The fourth-order valence-corrected chi connectivity index (χ4v) is 2.38. The molecule has 4 heteroatoms. The van der Waals surface area contributed by atoms with Gasteiger partial charge in [0.05, 0.1) is 12.6 Å². The lowest BCUT2D eigenvalue weighted by Gasteiger charge is -2.13. The largest absolute Gasteiger partial charge is 0.465 e. The van der Waals surface area contributed by atoms with Crippen LogP contribution in [0, 0.1) is 6.92 Å². The van der Waals surface area contributed by atoms with E-state index in [0.29, 0.717) is 6.10 Å². The predicted octanol–water partition coefficient (Wildman–Crippen LogP) is 1.53. The van der Waals surface area contributed by atoms with Crippen molar-refractivity contribution in [1.29, 1.82) is 0 Å². The Morgan fingerprint density at radius 2 is 2.41 bits per heavy atom. The second kappa shape index (κ2) is 5.67. The first-order valence-electron chi connectivity index (χ1n) is 6.21. The number of methoxy groups -OCH3 is 1. The van der Waals surface area contributed by atoms with Crippen molar-refractivity contribution in [2.75, 3.05) is 27.2 Å². The summed E-state index contributed by atoms with van der Waals surface area (Å²) >= 11 is 0. The van der Waals surface area contributed by atoms with Crippen LogP contribution in [-0.4, -0.2) is 38.3 Å². The maximum atomic E-state index is 5.78. The highest BCUT2D eigenvalue weighted by Crippen LogP contribution is 2.19. The second-order valence-corrected chi connectivity index (χ2v) is 4.71. The standard InChI is InChI=1S/C13H22N2O2/c1-10-11(7-14-2)6-13(17-10)9-15-5-4-12(8-15)16-3/h6,12,14H,4-5,7-9H2,1-3H3. The molecule has 2 rings (SSSR count). The van der Waals surface area contributed by atoms with Crippen LogP contribution in [0.3, 0.4) is 0 Å². The van der Waals surface area contributed by atoms with E-state index in [-0.39, 0.29) is 0 Å². The Morgan fingerprint density at radius 3 is 3.06 bits per heavy atom. The van der Waals surface area contributed by atoms with Crippen LogP contribution in [0.1, 0.15) is 23.5 Å². The van der Waals surface area contributed by atoms with Gasteiger partial charge in [-0.1, -0.05) is 0 Å². The van der Waals surface area contributed by atoms with E-state index in [4.69, 9.17) is 9.15 Å². The molecule has 1 aliphatic heterocycles. The summed E-state index contributed by atoms with van der Waals surface area (Å²) in [5.41, 5.74) is 1.25. The predicted molar refractivity (Wildman–Crippen MR) is 66.9 cm³/mol. The summed E-state index contributed by atoms with van der Waals surface area (Å²) in [4.78, 5) is 2.38. The Hall–Kier alpha value is -0.840. The molecule has 1 aliphatic rings. The highest BCUT2D eigenvalue weighted by atomic mass is 16.5. The molecule has 1 aromatic heterocycles. The van der Waals surface area contributed by atoms with Crippen molar-refractivity contribution in [3.05, 3.63) is 23.2 Å². The van der Waals surface area contributed by atoms with Gasteiger partial charge in [0.1, 0.15) is 11.5 Å². The van der Waals surface area contributed by atoms with Crippen molar-refractivity contribution < 1.29 is 9.15 Å². The molecule has 1 atom stereocenters. The van der Waals surface area contributed by atoms with Crippen LogP contribution < -0.4 is 5.32 Å². The van der Waals surface area contributed by atoms with Gasteiger partial charge in [0.25, 0.3) is 0 Å². The summed E-state index contributed by atoms with van der Waals surface area (Å²) < 4.78 is 11.1. The number of furan rings is 1. The molecule has 96 valence electrons. The number of rotatable bonds is 5. The minimum atomic E-state index is 0.392. The summed E-state index contributed by atoms with van der Waals surface area (Å²) in [5.74, 6) is 2.08. The molecule has 0 radical (unpaired) electrons. The molecular formula is C13H22N2O2. The van der Waals surface area contributed by atoms with E-state index >= 15 is 0 Å². The van der Waals surface area contributed by atoms with E-state index in [9.17, 15) is 0 Å². The van der Waals surface area contributed by atoms with E-state index in [1.807, 2.05) is 14.0 Å². The summed E-state index contributed by atoms with van der Waals surface area (Å²) in [6, 6.07) is 2.16. The van der Waals surface area contributed by atoms with Gasteiger partial charge in [-0.15, -0.1) is 0 Å². The molecule has 0 spiro atoms. The normalized spacial score (nSPS) is 21.2. The van der Waals surface area contributed by atoms with Crippen LogP contribution in [0.2, 0.25) is 0 Å². The molecule has 0 amide bonds. The Bertz CT molecular complexity index is 362. The van der Waals surface area contributed by atoms with Crippen LogP contribution >= 0.6 is 0 Å². The molecule has 0 aromatic carbocycles. The number of aryl methyl sites for hydroxylation is 1. The fraction of sp³-hybridized carbons (Fsp3) is 0.692. The van der Waals surface area contributed by atoms with Gasteiger partial charge in [-0.2, -0.15) is 0 Å². The van der Waals surface area contributed by atoms with Crippen LogP contribution in [0.25, 0.3) is 0 Å². The Kier molecular flexibility index (Phi) is 4.20. The van der Waals surface area contributed by atoms with E-state index in [1.165, 1.54) is 5.56 Å². The molecule has 0 bridgehead atoms. The van der Waals surface area contributed by atoms with Crippen molar-refractivity contribution in [2.24, 2.45) is 0 Å². The van der Waals surface area contributed by atoms with Crippen LogP contribution in [0.5, 0.6) is 0 Å². The summed E-state index contributed by atoms with van der Waals surface area (Å²) in [6.07, 6.45) is 1.52. The summed E-state index contributed by atoms with van der Waals surface area (Å²) in [6.45, 7) is 5.90. The first-order valence-corrected chi connectivity index (χ1v) is 6.21. The molecule has 1 saturated heterocycles. The topological polar surface area (TPSA) is 37.6 Å². The number of hydrogen-bond donors (Lipinski definition) is 1. The molecular weight excluding hydrogens is 216 g/mol. The molecule has 2 heterocycles. The zero-order chi connectivity index (χ0) is 12.3. The van der Waals surface area contributed by atoms with E-state index < -0.39 is 0 Å². The molecule has 1 unspecified atom stereocenters. The summed E-state index contributed by atoms with van der Waals surface area (Å²) in [7, 11) is 3.74. The third-order valence-corrected chi connectivity index (χ3v) is 3.38. The lowest BCUT2D eigenvalue weighted by Crippen LogP contribution is -2.22. The van der Waals surface area contributed by atoms with Gasteiger partial charge in [-0.3, -0.25) is 4.90 Å². The zero-order valence-corrected chi connectivity index (χ0v) is 11.0. The molecule has 0 aliphatic carbocycles. The van der Waals surface area contributed by atoms with Crippen LogP contribution in [-0.2, 0) is 17.8 Å². The molecule has 1 fully saturated rings. The average Bonchev–Trinajstić information content (AvgIpc) is 2.88.